The summed E-state index contributed by atoms with van der Waals surface area (Å²) in [6.45, 7) is 4.08. The zero-order valence-electron chi connectivity index (χ0n) is 9.90. The highest BCUT2D eigenvalue weighted by atomic mass is 35.5. The monoisotopic (exact) mass is 275 g/mol. The minimum Gasteiger partial charge on any atom is -0.397 e. The SMILES string of the molecule is CC(N)C1CCN(c2ccc(Cl)cc2N)C1.Cl. The van der Waals surface area contributed by atoms with Crippen molar-refractivity contribution >= 4 is 35.4 Å². The molecule has 1 aromatic rings. The first kappa shape index (κ1) is 14.4. The van der Waals surface area contributed by atoms with Gasteiger partial charge in [-0.15, -0.1) is 12.4 Å². The van der Waals surface area contributed by atoms with E-state index in [-0.39, 0.29) is 18.4 Å². The summed E-state index contributed by atoms with van der Waals surface area (Å²) < 4.78 is 0. The first-order valence-corrected chi connectivity index (χ1v) is 6.01. The van der Waals surface area contributed by atoms with Gasteiger partial charge in [0.2, 0.25) is 0 Å². The number of nitrogen functional groups attached to an aromatic ring is 1. The van der Waals surface area contributed by atoms with Gasteiger partial charge >= 0.3 is 0 Å². The van der Waals surface area contributed by atoms with Gasteiger partial charge in [-0.25, -0.2) is 0 Å². The van der Waals surface area contributed by atoms with Crippen LogP contribution in [0.2, 0.25) is 5.02 Å². The minimum absolute atomic E-state index is 0. The highest BCUT2D eigenvalue weighted by Crippen LogP contribution is 2.31. The number of hydrogen-bond acceptors (Lipinski definition) is 3. The fraction of sp³-hybridized carbons (Fsp3) is 0.500. The number of rotatable bonds is 2. The van der Waals surface area contributed by atoms with Gasteiger partial charge in [-0.2, -0.15) is 0 Å². The third kappa shape index (κ3) is 3.18. The van der Waals surface area contributed by atoms with Crippen molar-refractivity contribution in [3.8, 4) is 0 Å². The van der Waals surface area contributed by atoms with Crippen molar-refractivity contribution in [3.63, 3.8) is 0 Å². The maximum absolute atomic E-state index is 5.97. The molecule has 1 aliphatic heterocycles. The van der Waals surface area contributed by atoms with Crippen LogP contribution in [0.3, 0.4) is 0 Å². The maximum atomic E-state index is 5.97. The fourth-order valence-electron chi connectivity index (χ4n) is 2.25. The Balaban J connectivity index is 0.00000144. The fourth-order valence-corrected chi connectivity index (χ4v) is 2.43. The zero-order valence-corrected chi connectivity index (χ0v) is 11.5. The Morgan fingerprint density at radius 3 is 2.71 bits per heavy atom. The van der Waals surface area contributed by atoms with Gasteiger partial charge in [0.15, 0.2) is 0 Å². The molecule has 2 unspecified atom stereocenters. The molecule has 96 valence electrons. The van der Waals surface area contributed by atoms with Crippen molar-refractivity contribution in [2.45, 2.75) is 19.4 Å². The smallest absolute Gasteiger partial charge is 0.0601 e. The van der Waals surface area contributed by atoms with Crippen LogP contribution in [0.5, 0.6) is 0 Å². The number of nitrogens with two attached hydrogens (primary N) is 2. The Labute approximate surface area is 114 Å². The molecule has 0 amide bonds. The Hall–Kier alpha value is -0.640. The zero-order chi connectivity index (χ0) is 11.7. The number of benzene rings is 1. The van der Waals surface area contributed by atoms with Crippen LogP contribution in [-0.4, -0.2) is 19.1 Å². The third-order valence-electron chi connectivity index (χ3n) is 3.30. The molecular weight excluding hydrogens is 257 g/mol. The normalized spacial score (nSPS) is 21.1. The molecule has 17 heavy (non-hydrogen) atoms. The summed E-state index contributed by atoms with van der Waals surface area (Å²) in [5, 5.41) is 0.684. The predicted molar refractivity (Wildman–Crippen MR) is 77.1 cm³/mol. The Kier molecular flexibility index (Phi) is 4.92. The van der Waals surface area contributed by atoms with Gasteiger partial charge in [-0.3, -0.25) is 0 Å². The second-order valence-electron chi connectivity index (χ2n) is 4.56. The van der Waals surface area contributed by atoms with Crippen molar-refractivity contribution in [1.82, 2.24) is 0 Å². The van der Waals surface area contributed by atoms with Gasteiger partial charge in [0.1, 0.15) is 0 Å². The summed E-state index contributed by atoms with van der Waals surface area (Å²) >= 11 is 5.88. The minimum atomic E-state index is 0. The predicted octanol–water partition coefficient (Wildman–Crippen LogP) is 2.52. The van der Waals surface area contributed by atoms with Gasteiger partial charge in [0, 0.05) is 24.2 Å². The number of nitrogens with zero attached hydrogens (tertiary/aromatic N) is 1. The van der Waals surface area contributed by atoms with Gasteiger partial charge < -0.3 is 16.4 Å². The van der Waals surface area contributed by atoms with Crippen LogP contribution >= 0.6 is 24.0 Å². The average molecular weight is 276 g/mol. The van der Waals surface area contributed by atoms with E-state index in [0.29, 0.717) is 10.9 Å². The molecular formula is C12H19Cl2N3. The van der Waals surface area contributed by atoms with E-state index in [4.69, 9.17) is 23.1 Å². The average Bonchev–Trinajstić information content (AvgIpc) is 2.66. The quantitative estimate of drug-likeness (QED) is 0.816. The van der Waals surface area contributed by atoms with E-state index in [1.165, 1.54) is 0 Å². The van der Waals surface area contributed by atoms with Gasteiger partial charge in [-0.1, -0.05) is 11.6 Å². The molecule has 4 N–H and O–H groups in total. The van der Waals surface area contributed by atoms with Crippen molar-refractivity contribution in [2.75, 3.05) is 23.7 Å². The highest BCUT2D eigenvalue weighted by Gasteiger charge is 2.26. The molecule has 1 fully saturated rings. The second kappa shape index (κ2) is 5.80. The molecule has 0 radical (unpaired) electrons. The molecule has 1 saturated heterocycles. The van der Waals surface area contributed by atoms with Gasteiger partial charge in [-0.05, 0) is 37.5 Å². The van der Waals surface area contributed by atoms with E-state index < -0.39 is 0 Å². The Morgan fingerprint density at radius 2 is 2.18 bits per heavy atom. The van der Waals surface area contributed by atoms with Crippen molar-refractivity contribution in [3.05, 3.63) is 23.2 Å². The van der Waals surface area contributed by atoms with E-state index in [9.17, 15) is 0 Å². The first-order valence-electron chi connectivity index (χ1n) is 5.63. The number of anilines is 2. The Morgan fingerprint density at radius 1 is 1.47 bits per heavy atom. The van der Waals surface area contributed by atoms with E-state index >= 15 is 0 Å². The molecule has 1 aliphatic rings. The maximum Gasteiger partial charge on any atom is 0.0601 e. The number of hydrogen-bond donors (Lipinski definition) is 2. The van der Waals surface area contributed by atoms with Crippen LogP contribution in [0, 0.1) is 5.92 Å². The molecule has 0 aromatic heterocycles. The van der Waals surface area contributed by atoms with Crippen LogP contribution in [0.25, 0.3) is 0 Å². The summed E-state index contributed by atoms with van der Waals surface area (Å²) in [6, 6.07) is 5.92. The van der Waals surface area contributed by atoms with Crippen LogP contribution < -0.4 is 16.4 Å². The van der Waals surface area contributed by atoms with Crippen molar-refractivity contribution in [2.24, 2.45) is 11.7 Å². The summed E-state index contributed by atoms with van der Waals surface area (Å²) in [4.78, 5) is 2.29. The van der Waals surface area contributed by atoms with E-state index in [2.05, 4.69) is 11.8 Å². The Bertz CT molecular complexity index is 382. The van der Waals surface area contributed by atoms with E-state index in [0.717, 1.165) is 30.9 Å². The lowest BCUT2D eigenvalue weighted by Crippen LogP contribution is -2.29. The topological polar surface area (TPSA) is 55.3 Å². The van der Waals surface area contributed by atoms with Crippen LogP contribution in [-0.2, 0) is 0 Å². The highest BCUT2D eigenvalue weighted by molar-refractivity contribution is 6.31. The lowest BCUT2D eigenvalue weighted by atomic mass is 10.0. The summed E-state index contributed by atoms with van der Waals surface area (Å²) in [7, 11) is 0. The van der Waals surface area contributed by atoms with Crippen LogP contribution in [0.4, 0.5) is 11.4 Å². The lowest BCUT2D eigenvalue weighted by Gasteiger charge is -2.21. The largest absolute Gasteiger partial charge is 0.397 e. The lowest BCUT2D eigenvalue weighted by molar-refractivity contribution is 0.488. The molecule has 0 bridgehead atoms. The molecule has 2 atom stereocenters. The van der Waals surface area contributed by atoms with Crippen molar-refractivity contribution < 1.29 is 0 Å². The van der Waals surface area contributed by atoms with E-state index in [1.54, 1.807) is 6.07 Å². The third-order valence-corrected chi connectivity index (χ3v) is 3.53. The van der Waals surface area contributed by atoms with E-state index in [1.807, 2.05) is 12.1 Å². The molecule has 1 aromatic carbocycles. The molecule has 2 rings (SSSR count). The molecule has 3 nitrogen and oxygen atoms in total. The molecule has 0 aliphatic carbocycles. The van der Waals surface area contributed by atoms with Crippen molar-refractivity contribution in [1.29, 1.82) is 0 Å². The molecule has 0 saturated carbocycles. The summed E-state index contributed by atoms with van der Waals surface area (Å²) in [6.07, 6.45) is 1.14. The van der Waals surface area contributed by atoms with Crippen LogP contribution in [0.15, 0.2) is 18.2 Å². The standard InChI is InChI=1S/C12H18ClN3.ClH/c1-8(14)9-4-5-16(7-9)12-3-2-10(13)6-11(12)15;/h2-3,6,8-9H,4-5,7,14-15H2,1H3;1H. The van der Waals surface area contributed by atoms with Gasteiger partial charge in [0.25, 0.3) is 0 Å². The molecule has 0 spiro atoms. The van der Waals surface area contributed by atoms with Crippen LogP contribution in [0.1, 0.15) is 13.3 Å². The first-order chi connectivity index (χ1) is 7.58. The number of halogens is 2. The summed E-state index contributed by atoms with van der Waals surface area (Å²) in [5.41, 5.74) is 13.7. The summed E-state index contributed by atoms with van der Waals surface area (Å²) in [5.74, 6) is 0.565. The van der Waals surface area contributed by atoms with Gasteiger partial charge in [0.05, 0.1) is 11.4 Å². The molecule has 1 heterocycles. The molecule has 5 heteroatoms. The second-order valence-corrected chi connectivity index (χ2v) is 4.99.